The van der Waals surface area contributed by atoms with E-state index in [0.717, 1.165) is 4.31 Å². The number of benzene rings is 1. The van der Waals surface area contributed by atoms with Crippen LogP contribution in [0, 0.1) is 0 Å². The van der Waals surface area contributed by atoms with E-state index in [-0.39, 0.29) is 18.0 Å². The average molecular weight is 351 g/mol. The summed E-state index contributed by atoms with van der Waals surface area (Å²) in [7, 11) is -2.26. The maximum atomic E-state index is 12.3. The van der Waals surface area contributed by atoms with Gasteiger partial charge in [-0.25, -0.2) is 8.42 Å². The smallest absolute Gasteiger partial charge is 0.243 e. The Morgan fingerprint density at radius 1 is 1.47 bits per heavy atom. The Kier molecular flexibility index (Phi) is 5.33. The number of halogens is 1. The van der Waals surface area contributed by atoms with Crippen molar-refractivity contribution in [1.82, 2.24) is 4.31 Å². The predicted molar refractivity (Wildman–Crippen MR) is 74.3 cm³/mol. The Hall–Kier alpha value is -1.12. The lowest BCUT2D eigenvalue weighted by Crippen LogP contribution is -2.38. The van der Waals surface area contributed by atoms with Gasteiger partial charge in [-0.05, 0) is 34.1 Å². The van der Waals surface area contributed by atoms with Crippen LogP contribution in [0.25, 0.3) is 0 Å². The standard InChI is InChI=1S/C11H15BrN2O4S/c1-3-14(7-11(13)15)19(16,17)8-4-5-10(18-2)9(12)6-8/h4-6H,3,7H2,1-2H3,(H2,13,15). The third-order valence-electron chi connectivity index (χ3n) is 2.45. The van der Waals surface area contributed by atoms with Gasteiger partial charge in [0.1, 0.15) is 5.75 Å². The summed E-state index contributed by atoms with van der Waals surface area (Å²) in [6.07, 6.45) is 0. The summed E-state index contributed by atoms with van der Waals surface area (Å²) in [5, 5.41) is 0. The van der Waals surface area contributed by atoms with E-state index < -0.39 is 15.9 Å². The van der Waals surface area contributed by atoms with Crippen molar-refractivity contribution in [1.29, 1.82) is 0 Å². The minimum atomic E-state index is -3.75. The Morgan fingerprint density at radius 3 is 2.53 bits per heavy atom. The molecular weight excluding hydrogens is 336 g/mol. The summed E-state index contributed by atoms with van der Waals surface area (Å²) in [5.74, 6) is -0.171. The Bertz CT molecular complexity index is 574. The molecule has 2 N–H and O–H groups in total. The van der Waals surface area contributed by atoms with Gasteiger partial charge in [-0.15, -0.1) is 0 Å². The number of sulfonamides is 1. The molecule has 0 saturated heterocycles. The van der Waals surface area contributed by atoms with Crippen molar-refractivity contribution in [2.24, 2.45) is 5.73 Å². The Labute approximate surface area is 120 Å². The lowest BCUT2D eigenvalue weighted by atomic mass is 10.3. The van der Waals surface area contributed by atoms with Crippen LogP contribution in [0.1, 0.15) is 6.92 Å². The molecule has 106 valence electrons. The minimum absolute atomic E-state index is 0.0725. The number of hydrogen-bond donors (Lipinski definition) is 1. The van der Waals surface area contributed by atoms with Gasteiger partial charge >= 0.3 is 0 Å². The molecule has 0 aromatic heterocycles. The second kappa shape index (κ2) is 6.36. The third-order valence-corrected chi connectivity index (χ3v) is 4.98. The third kappa shape index (κ3) is 3.68. The second-order valence-corrected chi connectivity index (χ2v) is 6.49. The van der Waals surface area contributed by atoms with Crippen molar-refractivity contribution in [2.75, 3.05) is 20.2 Å². The molecule has 0 saturated carbocycles. The zero-order valence-corrected chi connectivity index (χ0v) is 13.0. The molecule has 1 aromatic carbocycles. The minimum Gasteiger partial charge on any atom is -0.496 e. The van der Waals surface area contributed by atoms with E-state index in [9.17, 15) is 13.2 Å². The summed E-state index contributed by atoms with van der Waals surface area (Å²) < 4.78 is 31.2. The number of hydrogen-bond acceptors (Lipinski definition) is 4. The number of carbonyl (C=O) groups is 1. The number of rotatable bonds is 6. The molecular formula is C11H15BrN2O4S. The largest absolute Gasteiger partial charge is 0.496 e. The van der Waals surface area contributed by atoms with E-state index in [1.54, 1.807) is 6.92 Å². The molecule has 1 amide bonds. The summed E-state index contributed by atoms with van der Waals surface area (Å²) in [6, 6.07) is 4.38. The Balaban J connectivity index is 3.18. The van der Waals surface area contributed by atoms with Crippen molar-refractivity contribution in [3.8, 4) is 5.75 Å². The van der Waals surface area contributed by atoms with Gasteiger partial charge in [0, 0.05) is 6.54 Å². The number of amides is 1. The van der Waals surface area contributed by atoms with Crippen LogP contribution in [0.3, 0.4) is 0 Å². The van der Waals surface area contributed by atoms with Gasteiger partial charge in [0.2, 0.25) is 15.9 Å². The van der Waals surface area contributed by atoms with Gasteiger partial charge in [0.15, 0.2) is 0 Å². The van der Waals surface area contributed by atoms with Gasteiger partial charge in [-0.3, -0.25) is 4.79 Å². The van der Waals surface area contributed by atoms with Gasteiger partial charge in [-0.2, -0.15) is 4.31 Å². The molecule has 1 aromatic rings. The molecule has 8 heteroatoms. The fraction of sp³-hybridized carbons (Fsp3) is 0.364. The zero-order valence-electron chi connectivity index (χ0n) is 10.6. The van der Waals surface area contributed by atoms with Crippen molar-refractivity contribution < 1.29 is 17.9 Å². The van der Waals surface area contributed by atoms with Gasteiger partial charge in [0.05, 0.1) is 23.0 Å². The van der Waals surface area contributed by atoms with Crippen molar-refractivity contribution in [3.05, 3.63) is 22.7 Å². The van der Waals surface area contributed by atoms with E-state index in [4.69, 9.17) is 10.5 Å². The quantitative estimate of drug-likeness (QED) is 0.826. The van der Waals surface area contributed by atoms with Crippen LogP contribution in [0.5, 0.6) is 5.75 Å². The van der Waals surface area contributed by atoms with Gasteiger partial charge in [-0.1, -0.05) is 6.92 Å². The van der Waals surface area contributed by atoms with Gasteiger partial charge in [0.25, 0.3) is 0 Å². The number of likely N-dealkylation sites (N-methyl/N-ethyl adjacent to an activating group) is 1. The molecule has 0 spiro atoms. The Morgan fingerprint density at radius 2 is 2.11 bits per heavy atom. The number of carbonyl (C=O) groups excluding carboxylic acids is 1. The fourth-order valence-corrected chi connectivity index (χ4v) is 3.63. The van der Waals surface area contributed by atoms with Gasteiger partial charge < -0.3 is 10.5 Å². The summed E-state index contributed by atoms with van der Waals surface area (Å²) in [6.45, 7) is 1.45. The van der Waals surface area contributed by atoms with Crippen molar-refractivity contribution >= 4 is 31.9 Å². The van der Waals surface area contributed by atoms with Crippen LogP contribution in [-0.4, -0.2) is 38.8 Å². The summed E-state index contributed by atoms with van der Waals surface area (Å²) in [5.41, 5.74) is 5.04. The molecule has 0 fully saturated rings. The number of primary amides is 1. The SMILES string of the molecule is CCN(CC(N)=O)S(=O)(=O)c1ccc(OC)c(Br)c1. The van der Waals surface area contributed by atoms with E-state index >= 15 is 0 Å². The fourth-order valence-electron chi connectivity index (χ4n) is 1.50. The molecule has 0 atom stereocenters. The number of nitrogens with two attached hydrogens (primary N) is 1. The molecule has 0 radical (unpaired) electrons. The summed E-state index contributed by atoms with van der Waals surface area (Å²) >= 11 is 3.22. The number of nitrogens with zero attached hydrogens (tertiary/aromatic N) is 1. The second-order valence-electron chi connectivity index (χ2n) is 3.69. The van der Waals surface area contributed by atoms with E-state index in [1.165, 1.54) is 25.3 Å². The first kappa shape index (κ1) is 15.9. The highest BCUT2D eigenvalue weighted by molar-refractivity contribution is 9.10. The highest BCUT2D eigenvalue weighted by atomic mass is 79.9. The molecule has 0 heterocycles. The first-order valence-corrected chi connectivity index (χ1v) is 7.68. The van der Waals surface area contributed by atoms with Crippen LogP contribution in [0.4, 0.5) is 0 Å². The molecule has 0 aliphatic rings. The van der Waals surface area contributed by atoms with Crippen molar-refractivity contribution in [3.63, 3.8) is 0 Å². The monoisotopic (exact) mass is 350 g/mol. The maximum absolute atomic E-state index is 12.3. The van der Waals surface area contributed by atoms with E-state index in [0.29, 0.717) is 10.2 Å². The van der Waals surface area contributed by atoms with E-state index in [1.807, 2.05) is 0 Å². The number of methoxy groups -OCH3 is 1. The zero-order chi connectivity index (χ0) is 14.6. The highest BCUT2D eigenvalue weighted by Crippen LogP contribution is 2.28. The molecule has 19 heavy (non-hydrogen) atoms. The molecule has 0 aliphatic heterocycles. The predicted octanol–water partition coefficient (Wildman–Crippen LogP) is 0.954. The molecule has 0 unspecified atom stereocenters. The van der Waals surface area contributed by atoms with Crippen LogP contribution in [-0.2, 0) is 14.8 Å². The van der Waals surface area contributed by atoms with Crippen LogP contribution >= 0.6 is 15.9 Å². The van der Waals surface area contributed by atoms with E-state index in [2.05, 4.69) is 15.9 Å². The molecule has 1 rings (SSSR count). The van der Waals surface area contributed by atoms with Crippen LogP contribution < -0.4 is 10.5 Å². The number of ether oxygens (including phenoxy) is 1. The maximum Gasteiger partial charge on any atom is 0.243 e. The topological polar surface area (TPSA) is 89.7 Å². The lowest BCUT2D eigenvalue weighted by molar-refractivity contribution is -0.118. The molecule has 6 nitrogen and oxygen atoms in total. The normalized spacial score (nSPS) is 11.6. The first-order chi connectivity index (χ1) is 8.82. The highest BCUT2D eigenvalue weighted by Gasteiger charge is 2.25. The lowest BCUT2D eigenvalue weighted by Gasteiger charge is -2.19. The first-order valence-electron chi connectivity index (χ1n) is 5.45. The molecule has 0 aliphatic carbocycles. The molecule has 0 bridgehead atoms. The average Bonchev–Trinajstić information content (AvgIpc) is 2.35. The van der Waals surface area contributed by atoms with Crippen LogP contribution in [0.2, 0.25) is 0 Å². The van der Waals surface area contributed by atoms with Crippen molar-refractivity contribution in [2.45, 2.75) is 11.8 Å². The summed E-state index contributed by atoms with van der Waals surface area (Å²) in [4.78, 5) is 11.0. The van der Waals surface area contributed by atoms with Crippen LogP contribution in [0.15, 0.2) is 27.6 Å².